The van der Waals surface area contributed by atoms with Crippen LogP contribution >= 0.6 is 0 Å². The number of aliphatic hydroxyl groups excluding tert-OH is 1. The lowest BCUT2D eigenvalue weighted by Crippen LogP contribution is -2.47. The molecule has 0 radical (unpaired) electrons. The Kier molecular flexibility index (Phi) is 5.65. The van der Waals surface area contributed by atoms with Gasteiger partial charge in [-0.3, -0.25) is 19.3 Å². The minimum atomic E-state index is -0.933. The lowest BCUT2D eigenvalue weighted by Gasteiger charge is -2.33. The summed E-state index contributed by atoms with van der Waals surface area (Å²) in [6.45, 7) is 1.82. The van der Waals surface area contributed by atoms with Crippen molar-refractivity contribution in [1.82, 2.24) is 4.90 Å². The maximum Gasteiger partial charge on any atom is 0.324 e. The fourth-order valence-electron chi connectivity index (χ4n) is 4.58. The van der Waals surface area contributed by atoms with E-state index in [9.17, 15) is 19.5 Å². The van der Waals surface area contributed by atoms with Gasteiger partial charge in [0.15, 0.2) is 0 Å². The van der Waals surface area contributed by atoms with Gasteiger partial charge in [-0.25, -0.2) is 4.90 Å². The number of carbonyl (C=O) groups is 3. The van der Waals surface area contributed by atoms with Gasteiger partial charge < -0.3 is 9.84 Å². The van der Waals surface area contributed by atoms with Crippen LogP contribution in [0.3, 0.4) is 0 Å². The summed E-state index contributed by atoms with van der Waals surface area (Å²) in [4.78, 5) is 42.3. The van der Waals surface area contributed by atoms with Crippen LogP contribution in [-0.4, -0.2) is 53.6 Å². The minimum absolute atomic E-state index is 0.167. The Hall–Kier alpha value is -3.03. The zero-order valence-corrected chi connectivity index (χ0v) is 16.7. The average molecular weight is 408 g/mol. The molecule has 0 spiro atoms. The van der Waals surface area contributed by atoms with Crippen LogP contribution in [0.5, 0.6) is 0 Å². The smallest absolute Gasteiger partial charge is 0.324 e. The molecule has 7 nitrogen and oxygen atoms in total. The summed E-state index contributed by atoms with van der Waals surface area (Å²) in [5, 5.41) is 10.1. The summed E-state index contributed by atoms with van der Waals surface area (Å²) in [5.74, 6) is -2.77. The third-order valence-corrected chi connectivity index (χ3v) is 5.88. The SMILES string of the molecule is CCOC(=O)[C@@H]1[C@@H]2C(=O)N(c3ccccc3)C(=O)[C@@H]2CN1[C@@H](CO)c1ccccc1. The number of fused-ring (bicyclic) bond motifs is 1. The minimum Gasteiger partial charge on any atom is -0.465 e. The summed E-state index contributed by atoms with van der Waals surface area (Å²) in [7, 11) is 0. The molecule has 2 amide bonds. The van der Waals surface area contributed by atoms with Gasteiger partial charge in [0, 0.05) is 6.54 Å². The molecule has 2 fully saturated rings. The number of carbonyl (C=O) groups excluding carboxylic acids is 3. The molecule has 0 bridgehead atoms. The van der Waals surface area contributed by atoms with Gasteiger partial charge in [-0.15, -0.1) is 0 Å². The number of aliphatic hydroxyl groups is 1. The number of benzene rings is 2. The number of rotatable bonds is 6. The zero-order chi connectivity index (χ0) is 21.3. The highest BCUT2D eigenvalue weighted by Crippen LogP contribution is 2.43. The lowest BCUT2D eigenvalue weighted by molar-refractivity contribution is -0.152. The largest absolute Gasteiger partial charge is 0.465 e. The normalized spacial score (nSPS) is 24.7. The van der Waals surface area contributed by atoms with Crippen molar-refractivity contribution in [2.75, 3.05) is 24.7 Å². The van der Waals surface area contributed by atoms with E-state index >= 15 is 0 Å². The van der Waals surface area contributed by atoms with Crippen molar-refractivity contribution in [3.05, 3.63) is 66.2 Å². The Balaban J connectivity index is 1.72. The van der Waals surface area contributed by atoms with Gasteiger partial charge >= 0.3 is 5.97 Å². The average Bonchev–Trinajstić information content (AvgIpc) is 3.26. The fourth-order valence-corrected chi connectivity index (χ4v) is 4.58. The van der Waals surface area contributed by atoms with Gasteiger partial charge in [0.1, 0.15) is 6.04 Å². The predicted molar refractivity (Wildman–Crippen MR) is 109 cm³/mol. The van der Waals surface area contributed by atoms with Crippen LogP contribution in [0.1, 0.15) is 18.5 Å². The van der Waals surface area contributed by atoms with E-state index in [0.29, 0.717) is 5.69 Å². The van der Waals surface area contributed by atoms with E-state index in [1.807, 2.05) is 36.4 Å². The van der Waals surface area contributed by atoms with Crippen LogP contribution in [0.4, 0.5) is 5.69 Å². The topological polar surface area (TPSA) is 87.2 Å². The number of likely N-dealkylation sites (tertiary alicyclic amines) is 1. The number of hydrogen-bond donors (Lipinski definition) is 1. The second-order valence-electron chi connectivity index (χ2n) is 7.48. The zero-order valence-electron chi connectivity index (χ0n) is 16.7. The molecule has 2 aliphatic rings. The fraction of sp³-hybridized carbons (Fsp3) is 0.348. The Labute approximate surface area is 174 Å². The maximum absolute atomic E-state index is 13.3. The van der Waals surface area contributed by atoms with Crippen molar-refractivity contribution < 1.29 is 24.2 Å². The molecule has 0 unspecified atom stereocenters. The molecule has 30 heavy (non-hydrogen) atoms. The Morgan fingerprint density at radius 3 is 2.30 bits per heavy atom. The summed E-state index contributed by atoms with van der Waals surface area (Å²) >= 11 is 0. The standard InChI is InChI=1S/C23H24N2O5/c1-2-30-23(29)20-19-17(13-24(20)18(14-26)15-9-5-3-6-10-15)21(27)25(22(19)28)16-11-7-4-8-12-16/h3-12,17-20,26H,2,13-14H2,1H3/t17-,18+,19-,20+/m1/s1. The van der Waals surface area contributed by atoms with Crippen LogP contribution < -0.4 is 4.90 Å². The van der Waals surface area contributed by atoms with E-state index in [2.05, 4.69) is 0 Å². The van der Waals surface area contributed by atoms with Crippen molar-refractivity contribution >= 4 is 23.5 Å². The highest BCUT2D eigenvalue weighted by atomic mass is 16.5. The molecule has 4 atom stereocenters. The van der Waals surface area contributed by atoms with Crippen LogP contribution in [0.25, 0.3) is 0 Å². The molecule has 0 aromatic heterocycles. The number of ether oxygens (including phenoxy) is 1. The van der Waals surface area contributed by atoms with Crippen molar-refractivity contribution in [2.24, 2.45) is 11.8 Å². The van der Waals surface area contributed by atoms with E-state index in [1.165, 1.54) is 4.90 Å². The number of amides is 2. The molecular weight excluding hydrogens is 384 g/mol. The van der Waals surface area contributed by atoms with Gasteiger partial charge in [-0.1, -0.05) is 48.5 Å². The molecule has 156 valence electrons. The van der Waals surface area contributed by atoms with Crippen LogP contribution in [0.2, 0.25) is 0 Å². The van der Waals surface area contributed by atoms with Gasteiger partial charge in [0.25, 0.3) is 0 Å². The highest BCUT2D eigenvalue weighted by molar-refractivity contribution is 6.23. The number of nitrogens with zero attached hydrogens (tertiary/aromatic N) is 2. The number of anilines is 1. The van der Waals surface area contributed by atoms with Gasteiger partial charge in [0.2, 0.25) is 11.8 Å². The molecule has 2 aromatic rings. The first kappa shape index (κ1) is 20.3. The van der Waals surface area contributed by atoms with E-state index < -0.39 is 35.8 Å². The number of hydrogen-bond acceptors (Lipinski definition) is 6. The van der Waals surface area contributed by atoms with E-state index in [0.717, 1.165) is 5.56 Å². The first-order chi connectivity index (χ1) is 14.6. The first-order valence-corrected chi connectivity index (χ1v) is 10.1. The highest BCUT2D eigenvalue weighted by Gasteiger charge is 2.61. The third-order valence-electron chi connectivity index (χ3n) is 5.88. The Morgan fingerprint density at radius 2 is 1.70 bits per heavy atom. The third kappa shape index (κ3) is 3.30. The van der Waals surface area contributed by atoms with Crippen LogP contribution in [0.15, 0.2) is 60.7 Å². The summed E-state index contributed by atoms with van der Waals surface area (Å²) in [6.07, 6.45) is 0. The molecule has 7 heteroatoms. The molecule has 1 N–H and O–H groups in total. The Morgan fingerprint density at radius 1 is 1.07 bits per heavy atom. The molecule has 0 saturated carbocycles. The Bertz CT molecular complexity index is 933. The summed E-state index contributed by atoms with van der Waals surface area (Å²) in [5.41, 5.74) is 1.31. The van der Waals surface area contributed by atoms with E-state index in [4.69, 9.17) is 4.74 Å². The van der Waals surface area contributed by atoms with Gasteiger partial charge in [-0.05, 0) is 24.6 Å². The van der Waals surface area contributed by atoms with Crippen LogP contribution in [-0.2, 0) is 19.1 Å². The van der Waals surface area contributed by atoms with E-state index in [1.54, 1.807) is 36.1 Å². The lowest BCUT2D eigenvalue weighted by atomic mass is 9.93. The predicted octanol–water partition coefficient (Wildman–Crippen LogP) is 1.77. The van der Waals surface area contributed by atoms with Gasteiger partial charge in [-0.2, -0.15) is 0 Å². The summed E-state index contributed by atoms with van der Waals surface area (Å²) in [6, 6.07) is 16.6. The van der Waals surface area contributed by atoms with Crippen molar-refractivity contribution in [3.8, 4) is 0 Å². The second-order valence-corrected chi connectivity index (χ2v) is 7.48. The van der Waals surface area contributed by atoms with Crippen molar-refractivity contribution in [3.63, 3.8) is 0 Å². The number of imide groups is 1. The maximum atomic E-state index is 13.3. The molecular formula is C23H24N2O5. The second kappa shape index (κ2) is 8.38. The van der Waals surface area contributed by atoms with Gasteiger partial charge in [0.05, 0.1) is 36.8 Å². The molecule has 4 rings (SSSR count). The van der Waals surface area contributed by atoms with Crippen molar-refractivity contribution in [1.29, 1.82) is 0 Å². The quantitative estimate of drug-likeness (QED) is 0.579. The monoisotopic (exact) mass is 408 g/mol. The molecule has 0 aliphatic carbocycles. The summed E-state index contributed by atoms with van der Waals surface area (Å²) < 4.78 is 5.28. The first-order valence-electron chi connectivity index (χ1n) is 10.1. The number of para-hydroxylation sites is 1. The molecule has 2 heterocycles. The van der Waals surface area contributed by atoms with Crippen molar-refractivity contribution in [2.45, 2.75) is 19.0 Å². The molecule has 2 aromatic carbocycles. The van der Waals surface area contributed by atoms with Crippen LogP contribution in [0, 0.1) is 11.8 Å². The molecule has 2 saturated heterocycles. The van der Waals surface area contributed by atoms with E-state index in [-0.39, 0.29) is 25.7 Å². The molecule has 2 aliphatic heterocycles. The number of esters is 1.